The summed E-state index contributed by atoms with van der Waals surface area (Å²) in [7, 11) is 0. The maximum atomic E-state index is 12.9. The molecule has 2 atom stereocenters. The molecule has 4 heterocycles. The first kappa shape index (κ1) is 18.0. The van der Waals surface area contributed by atoms with Gasteiger partial charge in [0, 0.05) is 37.8 Å². The summed E-state index contributed by atoms with van der Waals surface area (Å²) in [5.41, 5.74) is 0. The molecule has 0 aromatic carbocycles. The lowest BCUT2D eigenvalue weighted by molar-refractivity contribution is -0.134. The number of aryl methyl sites for hydroxylation is 1. The predicted octanol–water partition coefficient (Wildman–Crippen LogP) is 3.24. The standard InChI is InChI=1S/C18H23N3O3S2/c22-17(6-5-16-19-18(20-24-16)15-4-2-9-26-15)21(13-7-10-25-12-13)11-14-3-1-8-23-14/h2,4,9,13-14H,1,3,5-8,10-12H2. The lowest BCUT2D eigenvalue weighted by atomic mass is 10.1. The average molecular weight is 394 g/mol. The molecule has 2 aromatic rings. The molecule has 2 unspecified atom stereocenters. The zero-order chi connectivity index (χ0) is 17.8. The number of carbonyl (C=O) groups is 1. The van der Waals surface area contributed by atoms with Gasteiger partial charge in [-0.3, -0.25) is 4.79 Å². The van der Waals surface area contributed by atoms with Crippen LogP contribution in [0.5, 0.6) is 0 Å². The van der Waals surface area contributed by atoms with Gasteiger partial charge in [-0.15, -0.1) is 11.3 Å². The van der Waals surface area contributed by atoms with Gasteiger partial charge in [0.05, 0.1) is 11.0 Å². The molecule has 8 heteroatoms. The SMILES string of the molecule is O=C(CCc1nc(-c2cccs2)no1)N(CC1CCCO1)C1CCSC1. The van der Waals surface area contributed by atoms with Crippen molar-refractivity contribution in [3.63, 3.8) is 0 Å². The zero-order valence-corrected chi connectivity index (χ0v) is 16.3. The van der Waals surface area contributed by atoms with Crippen LogP contribution in [0.15, 0.2) is 22.0 Å². The van der Waals surface area contributed by atoms with Gasteiger partial charge in [-0.05, 0) is 36.5 Å². The van der Waals surface area contributed by atoms with E-state index in [1.54, 1.807) is 11.3 Å². The number of hydrogen-bond donors (Lipinski definition) is 0. The lowest BCUT2D eigenvalue weighted by Crippen LogP contribution is -2.44. The fraction of sp³-hybridized carbons (Fsp3) is 0.611. The molecule has 0 bridgehead atoms. The number of thioether (sulfide) groups is 1. The van der Waals surface area contributed by atoms with E-state index in [9.17, 15) is 4.79 Å². The van der Waals surface area contributed by atoms with E-state index in [-0.39, 0.29) is 12.0 Å². The minimum Gasteiger partial charge on any atom is -0.376 e. The number of aromatic nitrogens is 2. The molecule has 0 radical (unpaired) electrons. The third-order valence-electron chi connectivity index (χ3n) is 4.85. The van der Waals surface area contributed by atoms with Crippen molar-refractivity contribution in [2.45, 2.75) is 44.2 Å². The van der Waals surface area contributed by atoms with Crippen molar-refractivity contribution in [2.24, 2.45) is 0 Å². The molecule has 1 amide bonds. The summed E-state index contributed by atoms with van der Waals surface area (Å²) in [5, 5.41) is 6.00. The maximum absolute atomic E-state index is 12.9. The largest absolute Gasteiger partial charge is 0.376 e. The quantitative estimate of drug-likeness (QED) is 0.719. The molecular weight excluding hydrogens is 370 g/mol. The average Bonchev–Trinajstić information content (AvgIpc) is 3.44. The van der Waals surface area contributed by atoms with E-state index >= 15 is 0 Å². The molecule has 6 nitrogen and oxygen atoms in total. The van der Waals surface area contributed by atoms with Crippen molar-refractivity contribution in [2.75, 3.05) is 24.7 Å². The Morgan fingerprint density at radius 3 is 3.08 bits per heavy atom. The highest BCUT2D eigenvalue weighted by atomic mass is 32.2. The molecule has 2 fully saturated rings. The first-order chi connectivity index (χ1) is 12.8. The molecule has 140 valence electrons. The molecule has 0 aliphatic carbocycles. The summed E-state index contributed by atoms with van der Waals surface area (Å²) in [5.74, 6) is 3.46. The molecule has 0 saturated carbocycles. The number of carbonyl (C=O) groups excluding carboxylic acids is 1. The van der Waals surface area contributed by atoms with Crippen LogP contribution in [0.4, 0.5) is 0 Å². The van der Waals surface area contributed by atoms with Gasteiger partial charge < -0.3 is 14.2 Å². The van der Waals surface area contributed by atoms with Crippen LogP contribution < -0.4 is 0 Å². The zero-order valence-electron chi connectivity index (χ0n) is 14.6. The number of hydrogen-bond acceptors (Lipinski definition) is 7. The first-order valence-corrected chi connectivity index (χ1v) is 11.2. The van der Waals surface area contributed by atoms with Crippen LogP contribution in [-0.2, 0) is 16.0 Å². The number of ether oxygens (including phenoxy) is 1. The van der Waals surface area contributed by atoms with Crippen LogP contribution in [0.1, 0.15) is 31.6 Å². The van der Waals surface area contributed by atoms with Crippen LogP contribution in [-0.4, -0.2) is 57.8 Å². The summed E-state index contributed by atoms with van der Waals surface area (Å²) < 4.78 is 11.1. The van der Waals surface area contributed by atoms with Crippen molar-refractivity contribution in [1.82, 2.24) is 15.0 Å². The highest BCUT2D eigenvalue weighted by Gasteiger charge is 2.30. The predicted molar refractivity (Wildman–Crippen MR) is 102 cm³/mol. The van der Waals surface area contributed by atoms with E-state index in [4.69, 9.17) is 9.26 Å². The maximum Gasteiger partial charge on any atom is 0.227 e. The van der Waals surface area contributed by atoms with Gasteiger partial charge in [0.2, 0.25) is 17.6 Å². The Morgan fingerprint density at radius 2 is 2.35 bits per heavy atom. The van der Waals surface area contributed by atoms with E-state index in [1.165, 1.54) is 0 Å². The summed E-state index contributed by atoms with van der Waals surface area (Å²) in [4.78, 5) is 20.3. The Kier molecular flexibility index (Phi) is 5.91. The van der Waals surface area contributed by atoms with Gasteiger partial charge >= 0.3 is 0 Å². The molecular formula is C18H23N3O3S2. The first-order valence-electron chi connectivity index (χ1n) is 9.15. The van der Waals surface area contributed by atoms with Crippen LogP contribution in [0.25, 0.3) is 10.7 Å². The van der Waals surface area contributed by atoms with Gasteiger partial charge in [-0.2, -0.15) is 16.7 Å². The molecule has 0 spiro atoms. The molecule has 2 aliphatic heterocycles. The lowest BCUT2D eigenvalue weighted by Gasteiger charge is -2.30. The third kappa shape index (κ3) is 4.29. The Morgan fingerprint density at radius 1 is 1.38 bits per heavy atom. The molecule has 0 N–H and O–H groups in total. The van der Waals surface area contributed by atoms with Crippen molar-refractivity contribution in [3.05, 3.63) is 23.4 Å². The Hall–Kier alpha value is -1.38. The summed E-state index contributed by atoms with van der Waals surface area (Å²) in [6.45, 7) is 1.54. The normalized spacial score (nSPS) is 22.8. The number of rotatable bonds is 7. The molecule has 2 aliphatic rings. The Labute approximate surface area is 161 Å². The summed E-state index contributed by atoms with van der Waals surface area (Å²) in [6.07, 6.45) is 4.31. The summed E-state index contributed by atoms with van der Waals surface area (Å²) in [6, 6.07) is 4.26. The molecule has 2 saturated heterocycles. The molecule has 26 heavy (non-hydrogen) atoms. The number of thiophene rings is 1. The fourth-order valence-electron chi connectivity index (χ4n) is 3.45. The van der Waals surface area contributed by atoms with Gasteiger partial charge in [0.1, 0.15) is 0 Å². The molecule has 2 aromatic heterocycles. The second-order valence-corrected chi connectivity index (χ2v) is 8.79. The van der Waals surface area contributed by atoms with Gasteiger partial charge in [-0.25, -0.2) is 0 Å². The molecule has 4 rings (SSSR count). The van der Waals surface area contributed by atoms with E-state index in [1.807, 2.05) is 34.2 Å². The van der Waals surface area contributed by atoms with Gasteiger partial charge in [0.25, 0.3) is 0 Å². The van der Waals surface area contributed by atoms with E-state index in [2.05, 4.69) is 10.1 Å². The van der Waals surface area contributed by atoms with Crippen molar-refractivity contribution < 1.29 is 14.1 Å². The minimum atomic E-state index is 0.170. The second-order valence-electron chi connectivity index (χ2n) is 6.69. The van der Waals surface area contributed by atoms with Crippen molar-refractivity contribution in [1.29, 1.82) is 0 Å². The summed E-state index contributed by atoms with van der Waals surface area (Å²) >= 11 is 3.50. The number of nitrogens with zero attached hydrogens (tertiary/aromatic N) is 3. The van der Waals surface area contributed by atoms with Crippen molar-refractivity contribution in [3.8, 4) is 10.7 Å². The van der Waals surface area contributed by atoms with Crippen LogP contribution in [0, 0.1) is 0 Å². The number of amides is 1. The van der Waals surface area contributed by atoms with Gasteiger partial charge in [0.15, 0.2) is 0 Å². The Bertz CT molecular complexity index is 707. The van der Waals surface area contributed by atoms with E-state index in [0.717, 1.165) is 42.3 Å². The van der Waals surface area contributed by atoms with Crippen LogP contribution in [0.2, 0.25) is 0 Å². The highest BCUT2D eigenvalue weighted by molar-refractivity contribution is 7.99. The van der Waals surface area contributed by atoms with Gasteiger partial charge in [-0.1, -0.05) is 11.2 Å². The smallest absolute Gasteiger partial charge is 0.227 e. The highest BCUT2D eigenvalue weighted by Crippen LogP contribution is 2.26. The van der Waals surface area contributed by atoms with E-state index in [0.29, 0.717) is 37.1 Å². The van der Waals surface area contributed by atoms with E-state index < -0.39 is 0 Å². The monoisotopic (exact) mass is 393 g/mol. The van der Waals surface area contributed by atoms with Crippen LogP contribution in [0.3, 0.4) is 0 Å². The van der Waals surface area contributed by atoms with Crippen LogP contribution >= 0.6 is 23.1 Å². The minimum absolute atomic E-state index is 0.170. The van der Waals surface area contributed by atoms with Crippen molar-refractivity contribution >= 4 is 29.0 Å². The third-order valence-corrected chi connectivity index (χ3v) is 6.86. The topological polar surface area (TPSA) is 68.5 Å². The Balaban J connectivity index is 1.36. The second kappa shape index (κ2) is 8.54. The fourth-order valence-corrected chi connectivity index (χ4v) is 5.32.